The minimum Gasteiger partial charge on any atom is -0.352 e. The average Bonchev–Trinajstić information content (AvgIpc) is 2.62. The molecule has 0 radical (unpaired) electrons. The van der Waals surface area contributed by atoms with E-state index in [0.717, 1.165) is 5.56 Å². The van der Waals surface area contributed by atoms with E-state index in [0.29, 0.717) is 43.6 Å². The summed E-state index contributed by atoms with van der Waals surface area (Å²) < 4.78 is 0. The smallest absolute Gasteiger partial charge is 0.239 e. The van der Waals surface area contributed by atoms with Crippen molar-refractivity contribution in [1.29, 1.82) is 0 Å². The van der Waals surface area contributed by atoms with E-state index in [2.05, 4.69) is 20.5 Å². The number of rotatable bonds is 5. The quantitative estimate of drug-likeness (QED) is 0.580. The van der Waals surface area contributed by atoms with Crippen molar-refractivity contribution in [3.8, 4) is 0 Å². The highest BCUT2D eigenvalue weighted by Gasteiger charge is 2.23. The second-order valence-corrected chi connectivity index (χ2v) is 7.23. The fraction of sp³-hybridized carbons (Fsp3) is 0.526. The van der Waals surface area contributed by atoms with E-state index in [4.69, 9.17) is 11.6 Å². The SMILES string of the molecule is CN=C(NCC(=O)NC(C)C)N1CCN(C(=O)Cc2cccc(Cl)c2)CC1. The van der Waals surface area contributed by atoms with Crippen LogP contribution >= 0.6 is 11.6 Å². The lowest BCUT2D eigenvalue weighted by Gasteiger charge is -2.36. The van der Waals surface area contributed by atoms with Gasteiger partial charge in [-0.3, -0.25) is 14.6 Å². The van der Waals surface area contributed by atoms with Crippen molar-refractivity contribution in [1.82, 2.24) is 20.4 Å². The summed E-state index contributed by atoms with van der Waals surface area (Å²) in [5.41, 5.74) is 0.920. The van der Waals surface area contributed by atoms with Crippen molar-refractivity contribution in [2.75, 3.05) is 39.8 Å². The maximum absolute atomic E-state index is 12.5. The molecule has 0 aromatic heterocycles. The van der Waals surface area contributed by atoms with Gasteiger partial charge in [-0.15, -0.1) is 0 Å². The van der Waals surface area contributed by atoms with Crippen LogP contribution in [0.2, 0.25) is 5.02 Å². The van der Waals surface area contributed by atoms with E-state index in [1.165, 1.54) is 0 Å². The maximum atomic E-state index is 12.5. The monoisotopic (exact) mass is 393 g/mol. The molecule has 1 heterocycles. The standard InChI is InChI=1S/C19H28ClN5O2/c1-14(2)23-17(26)13-22-19(21-3)25-9-7-24(8-10-25)18(27)12-15-5-4-6-16(20)11-15/h4-6,11,14H,7-10,12-13H2,1-3H3,(H,21,22)(H,23,26). The van der Waals surface area contributed by atoms with Crippen molar-refractivity contribution in [2.45, 2.75) is 26.3 Å². The molecule has 2 amide bonds. The Morgan fingerprint density at radius 3 is 2.44 bits per heavy atom. The van der Waals surface area contributed by atoms with Crippen molar-refractivity contribution in [3.05, 3.63) is 34.9 Å². The highest BCUT2D eigenvalue weighted by Crippen LogP contribution is 2.13. The molecule has 1 fully saturated rings. The molecular weight excluding hydrogens is 366 g/mol. The zero-order chi connectivity index (χ0) is 19.8. The molecule has 0 bridgehead atoms. The molecule has 0 spiro atoms. The van der Waals surface area contributed by atoms with Crippen LogP contribution in [0.25, 0.3) is 0 Å². The number of piperazine rings is 1. The fourth-order valence-electron chi connectivity index (χ4n) is 2.97. The van der Waals surface area contributed by atoms with Gasteiger partial charge in [-0.2, -0.15) is 0 Å². The lowest BCUT2D eigenvalue weighted by Crippen LogP contribution is -2.55. The van der Waals surface area contributed by atoms with Crippen LogP contribution in [0.1, 0.15) is 19.4 Å². The molecule has 7 nitrogen and oxygen atoms in total. The number of hydrogen-bond donors (Lipinski definition) is 2. The molecule has 27 heavy (non-hydrogen) atoms. The molecule has 1 aliphatic rings. The first-order valence-corrected chi connectivity index (χ1v) is 9.54. The molecule has 1 saturated heterocycles. The van der Waals surface area contributed by atoms with Gasteiger partial charge in [-0.1, -0.05) is 23.7 Å². The number of carbonyl (C=O) groups excluding carboxylic acids is 2. The molecule has 1 aliphatic heterocycles. The van der Waals surface area contributed by atoms with Crippen LogP contribution in [0, 0.1) is 0 Å². The second-order valence-electron chi connectivity index (χ2n) is 6.80. The summed E-state index contributed by atoms with van der Waals surface area (Å²) in [6, 6.07) is 7.50. The van der Waals surface area contributed by atoms with Gasteiger partial charge in [-0.25, -0.2) is 0 Å². The van der Waals surface area contributed by atoms with Crippen LogP contribution in [0.4, 0.5) is 0 Å². The molecule has 148 valence electrons. The molecular formula is C19H28ClN5O2. The number of nitrogens with one attached hydrogen (secondary N) is 2. The van der Waals surface area contributed by atoms with Gasteiger partial charge in [0.25, 0.3) is 0 Å². The topological polar surface area (TPSA) is 77.0 Å². The van der Waals surface area contributed by atoms with E-state index < -0.39 is 0 Å². The van der Waals surface area contributed by atoms with E-state index in [1.54, 1.807) is 13.1 Å². The first-order valence-electron chi connectivity index (χ1n) is 9.16. The maximum Gasteiger partial charge on any atom is 0.239 e. The van der Waals surface area contributed by atoms with Crippen LogP contribution in [-0.2, 0) is 16.0 Å². The zero-order valence-corrected chi connectivity index (χ0v) is 16.9. The van der Waals surface area contributed by atoms with E-state index in [-0.39, 0.29) is 24.4 Å². The van der Waals surface area contributed by atoms with E-state index in [9.17, 15) is 9.59 Å². The Hall–Kier alpha value is -2.28. The molecule has 2 N–H and O–H groups in total. The Morgan fingerprint density at radius 2 is 1.85 bits per heavy atom. The molecule has 8 heteroatoms. The Kier molecular flexibility index (Phi) is 7.91. The van der Waals surface area contributed by atoms with Crippen molar-refractivity contribution >= 4 is 29.4 Å². The number of carbonyl (C=O) groups is 2. The summed E-state index contributed by atoms with van der Waals surface area (Å²) in [5.74, 6) is 0.702. The number of amides is 2. The van der Waals surface area contributed by atoms with Gasteiger partial charge >= 0.3 is 0 Å². The minimum atomic E-state index is -0.0681. The Balaban J connectivity index is 1.81. The molecule has 1 aromatic carbocycles. The normalized spacial score (nSPS) is 15.1. The number of nitrogens with zero attached hydrogens (tertiary/aromatic N) is 3. The van der Waals surface area contributed by atoms with Gasteiger partial charge in [0.15, 0.2) is 5.96 Å². The highest BCUT2D eigenvalue weighted by molar-refractivity contribution is 6.30. The van der Waals surface area contributed by atoms with Crippen molar-refractivity contribution < 1.29 is 9.59 Å². The summed E-state index contributed by atoms with van der Waals surface area (Å²) in [7, 11) is 1.69. The highest BCUT2D eigenvalue weighted by atomic mass is 35.5. The summed E-state index contributed by atoms with van der Waals surface area (Å²) in [5, 5.41) is 6.56. The summed E-state index contributed by atoms with van der Waals surface area (Å²) in [6.45, 7) is 6.62. The van der Waals surface area contributed by atoms with Crippen LogP contribution in [0.3, 0.4) is 0 Å². The third-order valence-corrected chi connectivity index (χ3v) is 4.48. The first-order chi connectivity index (χ1) is 12.9. The van der Waals surface area contributed by atoms with Gasteiger partial charge in [0.2, 0.25) is 11.8 Å². The van der Waals surface area contributed by atoms with Gasteiger partial charge in [0.1, 0.15) is 0 Å². The molecule has 0 aliphatic carbocycles. The van der Waals surface area contributed by atoms with E-state index >= 15 is 0 Å². The summed E-state index contributed by atoms with van der Waals surface area (Å²) in [4.78, 5) is 32.5. The van der Waals surface area contributed by atoms with E-state index in [1.807, 2.05) is 36.9 Å². The number of benzene rings is 1. The Morgan fingerprint density at radius 1 is 1.19 bits per heavy atom. The van der Waals surface area contributed by atoms with Crippen LogP contribution in [-0.4, -0.2) is 73.4 Å². The molecule has 0 saturated carbocycles. The molecule has 0 unspecified atom stereocenters. The largest absolute Gasteiger partial charge is 0.352 e. The van der Waals surface area contributed by atoms with Gasteiger partial charge < -0.3 is 20.4 Å². The Bertz CT molecular complexity index is 684. The van der Waals surface area contributed by atoms with Gasteiger partial charge in [0.05, 0.1) is 13.0 Å². The zero-order valence-electron chi connectivity index (χ0n) is 16.2. The lowest BCUT2D eigenvalue weighted by molar-refractivity contribution is -0.131. The van der Waals surface area contributed by atoms with Crippen LogP contribution < -0.4 is 10.6 Å². The minimum absolute atomic E-state index is 0.0681. The average molecular weight is 394 g/mol. The third kappa shape index (κ3) is 6.75. The van der Waals surface area contributed by atoms with Crippen LogP contribution in [0.5, 0.6) is 0 Å². The number of halogens is 1. The van der Waals surface area contributed by atoms with Gasteiger partial charge in [-0.05, 0) is 31.5 Å². The number of aliphatic imine (C=N–C) groups is 1. The predicted molar refractivity (Wildman–Crippen MR) is 108 cm³/mol. The third-order valence-electron chi connectivity index (χ3n) is 4.24. The molecule has 0 atom stereocenters. The molecule has 2 rings (SSSR count). The second kappa shape index (κ2) is 10.2. The number of guanidine groups is 1. The predicted octanol–water partition coefficient (Wildman–Crippen LogP) is 1.13. The van der Waals surface area contributed by atoms with Crippen LogP contribution in [0.15, 0.2) is 29.3 Å². The summed E-state index contributed by atoms with van der Waals surface area (Å²) >= 11 is 5.98. The Labute approximate surface area is 165 Å². The lowest BCUT2D eigenvalue weighted by atomic mass is 10.1. The first kappa shape index (κ1) is 21.0. The molecule has 1 aromatic rings. The number of hydrogen-bond acceptors (Lipinski definition) is 3. The van der Waals surface area contributed by atoms with Crippen molar-refractivity contribution in [3.63, 3.8) is 0 Å². The van der Waals surface area contributed by atoms with Gasteiger partial charge in [0, 0.05) is 44.3 Å². The van der Waals surface area contributed by atoms with Crippen molar-refractivity contribution in [2.24, 2.45) is 4.99 Å². The summed E-state index contributed by atoms with van der Waals surface area (Å²) in [6.07, 6.45) is 0.350. The fourth-order valence-corrected chi connectivity index (χ4v) is 3.18.